The summed E-state index contributed by atoms with van der Waals surface area (Å²) in [6.07, 6.45) is 1.83. The molecular weight excluding hydrogens is 156 g/mol. The lowest BCUT2D eigenvalue weighted by Gasteiger charge is -1.99. The summed E-state index contributed by atoms with van der Waals surface area (Å²) < 4.78 is 4.28. The van der Waals surface area contributed by atoms with Crippen LogP contribution in [0.4, 0.5) is 0 Å². The van der Waals surface area contributed by atoms with E-state index in [1.54, 1.807) is 0 Å². The highest BCUT2D eigenvalue weighted by Gasteiger charge is 1.98. The molecule has 0 saturated heterocycles. The van der Waals surface area contributed by atoms with Gasteiger partial charge in [0.1, 0.15) is 6.10 Å². The Hall–Kier alpha value is -1.01. The monoisotopic (exact) mass is 170 g/mol. The number of carbonyl (C=O) groups is 1. The second-order valence-corrected chi connectivity index (χ2v) is 2.42. The fourth-order valence-electron chi connectivity index (χ4n) is 0.663. The van der Waals surface area contributed by atoms with Gasteiger partial charge in [-0.15, -0.1) is 0 Å². The van der Waals surface area contributed by atoms with Crippen LogP contribution in [0.2, 0.25) is 0 Å². The highest BCUT2D eigenvalue weighted by Crippen LogP contribution is 1.98. The first-order chi connectivity index (χ1) is 5.70. The molecule has 0 spiro atoms. The van der Waals surface area contributed by atoms with Crippen molar-refractivity contribution in [1.29, 1.82) is 0 Å². The van der Waals surface area contributed by atoms with Crippen molar-refractivity contribution in [1.82, 2.24) is 0 Å². The lowest BCUT2D eigenvalue weighted by Crippen LogP contribution is -2.04. The van der Waals surface area contributed by atoms with Gasteiger partial charge in [0.25, 0.3) is 0 Å². The van der Waals surface area contributed by atoms with Gasteiger partial charge in [-0.05, 0) is 6.42 Å². The van der Waals surface area contributed by atoms with E-state index in [1.807, 2.05) is 6.92 Å². The van der Waals surface area contributed by atoms with Gasteiger partial charge in [0.05, 0.1) is 7.11 Å². The third kappa shape index (κ3) is 5.75. The number of methoxy groups -OCH3 is 1. The molecule has 3 nitrogen and oxygen atoms in total. The number of aliphatic hydroxyl groups excluding tert-OH is 1. The lowest BCUT2D eigenvalue weighted by molar-refractivity contribution is -0.133. The van der Waals surface area contributed by atoms with Gasteiger partial charge in [-0.1, -0.05) is 25.7 Å². The van der Waals surface area contributed by atoms with E-state index >= 15 is 0 Å². The van der Waals surface area contributed by atoms with E-state index in [9.17, 15) is 4.79 Å². The molecule has 0 saturated carbocycles. The average Bonchev–Trinajstić information content (AvgIpc) is 2.10. The molecule has 12 heavy (non-hydrogen) atoms. The Labute approximate surface area is 72.7 Å². The van der Waals surface area contributed by atoms with Gasteiger partial charge >= 0.3 is 5.97 Å². The summed E-state index contributed by atoms with van der Waals surface area (Å²) >= 11 is 0. The zero-order valence-corrected chi connectivity index (χ0v) is 7.46. The fraction of sp³-hybridized carbons (Fsp3) is 0.667. The molecule has 1 atom stereocenters. The molecular formula is C9H14O3. The topological polar surface area (TPSA) is 46.5 Å². The summed E-state index contributed by atoms with van der Waals surface area (Å²) in [5, 5.41) is 9.14. The molecule has 0 aliphatic rings. The number of unbranched alkanes of at least 4 members (excludes halogenated alkanes) is 1. The van der Waals surface area contributed by atoms with E-state index in [0.29, 0.717) is 6.42 Å². The van der Waals surface area contributed by atoms with E-state index in [4.69, 9.17) is 5.11 Å². The van der Waals surface area contributed by atoms with Crippen molar-refractivity contribution in [3.05, 3.63) is 0 Å². The van der Waals surface area contributed by atoms with Crippen LogP contribution < -0.4 is 0 Å². The van der Waals surface area contributed by atoms with Crippen molar-refractivity contribution >= 4 is 5.97 Å². The molecule has 3 heteroatoms. The Morgan fingerprint density at radius 1 is 1.67 bits per heavy atom. The largest absolute Gasteiger partial charge is 0.459 e. The Balaban J connectivity index is 3.70. The Morgan fingerprint density at radius 3 is 2.83 bits per heavy atom. The maximum atomic E-state index is 10.5. The maximum Gasteiger partial charge on any atom is 0.384 e. The Morgan fingerprint density at radius 2 is 2.33 bits per heavy atom. The van der Waals surface area contributed by atoms with Gasteiger partial charge in [-0.25, -0.2) is 4.79 Å². The molecule has 0 radical (unpaired) electrons. The second kappa shape index (κ2) is 6.68. The molecule has 0 aromatic rings. The van der Waals surface area contributed by atoms with E-state index < -0.39 is 12.1 Å². The van der Waals surface area contributed by atoms with Gasteiger partial charge < -0.3 is 9.84 Å². The van der Waals surface area contributed by atoms with Crippen LogP contribution in [0.5, 0.6) is 0 Å². The van der Waals surface area contributed by atoms with Crippen LogP contribution in [-0.2, 0) is 9.53 Å². The maximum absolute atomic E-state index is 10.5. The lowest BCUT2D eigenvalue weighted by atomic mass is 10.2. The van der Waals surface area contributed by atoms with Crippen molar-refractivity contribution in [3.63, 3.8) is 0 Å². The number of aliphatic hydroxyl groups is 1. The molecule has 0 aliphatic carbocycles. The molecule has 0 rings (SSSR count). The normalized spacial score (nSPS) is 11.2. The van der Waals surface area contributed by atoms with E-state index in [0.717, 1.165) is 12.8 Å². The molecule has 0 aliphatic heterocycles. The fourth-order valence-corrected chi connectivity index (χ4v) is 0.663. The highest BCUT2D eigenvalue weighted by atomic mass is 16.5. The molecule has 0 fully saturated rings. The predicted octanol–water partition coefficient (Wildman–Crippen LogP) is 0.714. The molecule has 0 unspecified atom stereocenters. The van der Waals surface area contributed by atoms with Gasteiger partial charge in [0.15, 0.2) is 0 Å². The van der Waals surface area contributed by atoms with Crippen LogP contribution in [0.3, 0.4) is 0 Å². The third-order valence-electron chi connectivity index (χ3n) is 1.36. The van der Waals surface area contributed by atoms with Crippen LogP contribution in [0.15, 0.2) is 0 Å². The van der Waals surface area contributed by atoms with Crippen LogP contribution in [0.1, 0.15) is 26.2 Å². The minimum atomic E-state index is -0.705. The second-order valence-electron chi connectivity index (χ2n) is 2.42. The number of carbonyl (C=O) groups excluding carboxylic acids is 1. The summed E-state index contributed by atoms with van der Waals surface area (Å²) in [6, 6.07) is 0. The van der Waals surface area contributed by atoms with Crippen molar-refractivity contribution in [2.24, 2.45) is 0 Å². The summed E-state index contributed by atoms with van der Waals surface area (Å²) in [6.45, 7) is 2.03. The first kappa shape index (κ1) is 11.0. The van der Waals surface area contributed by atoms with Gasteiger partial charge in [-0.3, -0.25) is 0 Å². The molecule has 0 aromatic carbocycles. The van der Waals surface area contributed by atoms with Crippen LogP contribution in [0, 0.1) is 11.8 Å². The molecule has 1 N–H and O–H groups in total. The number of rotatable bonds is 3. The van der Waals surface area contributed by atoms with Crippen LogP contribution in [-0.4, -0.2) is 24.3 Å². The van der Waals surface area contributed by atoms with E-state index in [1.165, 1.54) is 7.11 Å². The molecule has 68 valence electrons. The summed E-state index contributed by atoms with van der Waals surface area (Å²) in [5.74, 6) is 3.97. The molecule has 0 amide bonds. The van der Waals surface area contributed by atoms with Crippen molar-refractivity contribution in [2.75, 3.05) is 7.11 Å². The smallest absolute Gasteiger partial charge is 0.384 e. The summed E-state index contributed by atoms with van der Waals surface area (Å²) in [5.41, 5.74) is 0. The minimum Gasteiger partial charge on any atom is -0.459 e. The molecule has 0 heterocycles. The zero-order valence-electron chi connectivity index (χ0n) is 7.46. The predicted molar refractivity (Wildman–Crippen MR) is 45.3 cm³/mol. The zero-order chi connectivity index (χ0) is 9.40. The van der Waals surface area contributed by atoms with Gasteiger partial charge in [0, 0.05) is 5.92 Å². The minimum absolute atomic E-state index is 0.606. The Bertz CT molecular complexity index is 188. The van der Waals surface area contributed by atoms with Crippen molar-refractivity contribution in [3.8, 4) is 11.8 Å². The first-order valence-corrected chi connectivity index (χ1v) is 3.98. The van der Waals surface area contributed by atoms with Crippen molar-refractivity contribution < 1.29 is 14.6 Å². The number of hydrogen-bond donors (Lipinski definition) is 1. The standard InChI is InChI=1S/C9H14O3/c1-3-4-5-8(10)6-7-9(11)12-2/h8,10H,3-5H2,1-2H3/t8-/m0/s1. The van der Waals surface area contributed by atoms with E-state index in [-0.39, 0.29) is 0 Å². The van der Waals surface area contributed by atoms with Crippen LogP contribution in [0.25, 0.3) is 0 Å². The SMILES string of the molecule is CCCC[C@H](O)C#CC(=O)OC. The third-order valence-corrected chi connectivity index (χ3v) is 1.36. The summed E-state index contributed by atoms with van der Waals surface area (Å²) in [4.78, 5) is 10.5. The quantitative estimate of drug-likeness (QED) is 0.385. The molecule has 0 bridgehead atoms. The van der Waals surface area contributed by atoms with Gasteiger partial charge in [0.2, 0.25) is 0 Å². The number of hydrogen-bond acceptors (Lipinski definition) is 3. The van der Waals surface area contributed by atoms with Crippen molar-refractivity contribution in [2.45, 2.75) is 32.3 Å². The molecule has 0 aromatic heterocycles. The highest BCUT2D eigenvalue weighted by molar-refractivity contribution is 5.88. The Kier molecular flexibility index (Phi) is 6.12. The van der Waals surface area contributed by atoms with Crippen LogP contribution >= 0.6 is 0 Å². The first-order valence-electron chi connectivity index (χ1n) is 3.98. The number of esters is 1. The van der Waals surface area contributed by atoms with Gasteiger partial charge in [-0.2, -0.15) is 0 Å². The average molecular weight is 170 g/mol. The summed E-state index contributed by atoms with van der Waals surface area (Å²) in [7, 11) is 1.26. The van der Waals surface area contributed by atoms with E-state index in [2.05, 4.69) is 16.6 Å². The number of ether oxygens (including phenoxy) is 1.